The van der Waals surface area contributed by atoms with Crippen molar-refractivity contribution in [3.05, 3.63) is 17.3 Å². The molecule has 2 N–H and O–H groups in total. The average molecular weight is 271 g/mol. The smallest absolute Gasteiger partial charge is 0.172 e. The van der Waals surface area contributed by atoms with Crippen LogP contribution in [0.2, 0.25) is 5.15 Å². The molecular formula is C11H15ClN4S. The Morgan fingerprint density at radius 2 is 2.00 bits per heavy atom. The first-order valence-electron chi connectivity index (χ1n) is 5.81. The molecule has 1 aromatic rings. The Morgan fingerprint density at radius 3 is 2.65 bits per heavy atom. The van der Waals surface area contributed by atoms with E-state index in [1.54, 1.807) is 12.1 Å². The van der Waals surface area contributed by atoms with Crippen LogP contribution in [-0.2, 0) is 0 Å². The van der Waals surface area contributed by atoms with Crippen molar-refractivity contribution in [2.45, 2.75) is 38.1 Å². The number of rotatable bonds is 2. The molecule has 1 heterocycles. The summed E-state index contributed by atoms with van der Waals surface area (Å²) in [6, 6.07) is 3.92. The van der Waals surface area contributed by atoms with Crippen molar-refractivity contribution in [2.24, 2.45) is 0 Å². The van der Waals surface area contributed by atoms with E-state index in [0.717, 1.165) is 0 Å². The lowest BCUT2D eigenvalue weighted by Crippen LogP contribution is -2.39. The predicted octanol–water partition coefficient (Wildman–Crippen LogP) is 2.75. The number of aromatic nitrogens is 2. The Bertz CT molecular complexity index is 376. The molecule has 0 amide bonds. The lowest BCUT2D eigenvalue weighted by molar-refractivity contribution is 0.415. The molecule has 1 saturated carbocycles. The van der Waals surface area contributed by atoms with Gasteiger partial charge < -0.3 is 10.6 Å². The van der Waals surface area contributed by atoms with Crippen molar-refractivity contribution in [3.63, 3.8) is 0 Å². The van der Waals surface area contributed by atoms with E-state index in [1.807, 2.05) is 0 Å². The lowest BCUT2D eigenvalue weighted by Gasteiger charge is -2.24. The Labute approximate surface area is 111 Å². The molecule has 0 bridgehead atoms. The van der Waals surface area contributed by atoms with Gasteiger partial charge in [0, 0.05) is 6.04 Å². The summed E-state index contributed by atoms with van der Waals surface area (Å²) in [5, 5.41) is 14.9. The summed E-state index contributed by atoms with van der Waals surface area (Å²) in [5.41, 5.74) is 0. The highest BCUT2D eigenvalue weighted by Crippen LogP contribution is 2.17. The third-order valence-corrected chi connectivity index (χ3v) is 3.24. The van der Waals surface area contributed by atoms with Gasteiger partial charge in [-0.3, -0.25) is 0 Å². The molecule has 0 aliphatic heterocycles. The van der Waals surface area contributed by atoms with E-state index in [4.69, 9.17) is 23.8 Å². The first-order chi connectivity index (χ1) is 8.24. The Morgan fingerprint density at radius 1 is 1.24 bits per heavy atom. The normalized spacial score (nSPS) is 16.5. The maximum Gasteiger partial charge on any atom is 0.172 e. The van der Waals surface area contributed by atoms with Crippen LogP contribution in [0.4, 0.5) is 5.82 Å². The van der Waals surface area contributed by atoms with Gasteiger partial charge in [0.15, 0.2) is 16.1 Å². The Hall–Kier alpha value is -0.940. The molecule has 0 atom stereocenters. The topological polar surface area (TPSA) is 49.8 Å². The maximum atomic E-state index is 5.65. The predicted molar refractivity (Wildman–Crippen MR) is 73.3 cm³/mol. The maximum absolute atomic E-state index is 5.65. The molecule has 92 valence electrons. The van der Waals surface area contributed by atoms with Gasteiger partial charge in [0.1, 0.15) is 0 Å². The van der Waals surface area contributed by atoms with E-state index in [-0.39, 0.29) is 0 Å². The van der Waals surface area contributed by atoms with Gasteiger partial charge in [0.05, 0.1) is 0 Å². The number of hydrogen-bond donors (Lipinski definition) is 2. The number of halogens is 1. The highest BCUT2D eigenvalue weighted by atomic mass is 35.5. The highest BCUT2D eigenvalue weighted by Gasteiger charge is 2.14. The molecule has 17 heavy (non-hydrogen) atoms. The van der Waals surface area contributed by atoms with Crippen molar-refractivity contribution in [3.8, 4) is 0 Å². The van der Waals surface area contributed by atoms with E-state index in [0.29, 0.717) is 22.1 Å². The van der Waals surface area contributed by atoms with Crippen LogP contribution < -0.4 is 10.6 Å². The van der Waals surface area contributed by atoms with Crippen molar-refractivity contribution < 1.29 is 0 Å². The quantitative estimate of drug-likeness (QED) is 0.810. The lowest BCUT2D eigenvalue weighted by atomic mass is 9.96. The van der Waals surface area contributed by atoms with Crippen LogP contribution in [0.25, 0.3) is 0 Å². The van der Waals surface area contributed by atoms with E-state index >= 15 is 0 Å². The summed E-state index contributed by atoms with van der Waals surface area (Å²) in [6.07, 6.45) is 6.27. The monoisotopic (exact) mass is 270 g/mol. The SMILES string of the molecule is S=C(Nc1ccc(Cl)nn1)NC1CCCCC1. The molecule has 2 rings (SSSR count). The van der Waals surface area contributed by atoms with Gasteiger partial charge in [0.25, 0.3) is 0 Å². The van der Waals surface area contributed by atoms with E-state index in [1.165, 1.54) is 32.1 Å². The largest absolute Gasteiger partial charge is 0.360 e. The van der Waals surface area contributed by atoms with Gasteiger partial charge in [-0.15, -0.1) is 10.2 Å². The molecule has 0 unspecified atom stereocenters. The molecule has 1 aliphatic carbocycles. The van der Waals surface area contributed by atoms with Crippen LogP contribution in [-0.4, -0.2) is 21.4 Å². The van der Waals surface area contributed by atoms with E-state index in [9.17, 15) is 0 Å². The zero-order valence-electron chi connectivity index (χ0n) is 9.45. The molecule has 0 spiro atoms. The van der Waals surface area contributed by atoms with Crippen molar-refractivity contribution in [1.29, 1.82) is 0 Å². The summed E-state index contributed by atoms with van der Waals surface area (Å²) < 4.78 is 0. The number of nitrogens with one attached hydrogen (secondary N) is 2. The second kappa shape index (κ2) is 6.12. The minimum atomic E-state index is 0.377. The minimum Gasteiger partial charge on any atom is -0.360 e. The third kappa shape index (κ3) is 4.09. The van der Waals surface area contributed by atoms with Gasteiger partial charge in [0.2, 0.25) is 0 Å². The second-order valence-electron chi connectivity index (χ2n) is 4.17. The zero-order chi connectivity index (χ0) is 12.1. The van der Waals surface area contributed by atoms with Gasteiger partial charge in [-0.25, -0.2) is 0 Å². The highest BCUT2D eigenvalue weighted by molar-refractivity contribution is 7.80. The summed E-state index contributed by atoms with van der Waals surface area (Å²) >= 11 is 10.9. The van der Waals surface area contributed by atoms with Crippen LogP contribution >= 0.6 is 23.8 Å². The molecule has 1 aliphatic rings. The Balaban J connectivity index is 1.82. The first kappa shape index (κ1) is 12.5. The van der Waals surface area contributed by atoms with Crippen LogP contribution in [0.15, 0.2) is 12.1 Å². The summed E-state index contributed by atoms with van der Waals surface area (Å²) in [4.78, 5) is 0. The van der Waals surface area contributed by atoms with Gasteiger partial charge in [-0.1, -0.05) is 30.9 Å². The second-order valence-corrected chi connectivity index (χ2v) is 4.97. The van der Waals surface area contributed by atoms with E-state index < -0.39 is 0 Å². The van der Waals surface area contributed by atoms with Gasteiger partial charge in [-0.2, -0.15) is 0 Å². The van der Waals surface area contributed by atoms with Crippen molar-refractivity contribution >= 4 is 34.7 Å². The molecule has 6 heteroatoms. The standard InChI is InChI=1S/C11H15ClN4S/c12-9-6-7-10(16-15-9)14-11(17)13-8-4-2-1-3-5-8/h6-8H,1-5H2,(H2,13,14,16,17). The molecule has 0 saturated heterocycles. The molecule has 0 aromatic carbocycles. The van der Waals surface area contributed by atoms with Crippen LogP contribution in [0.3, 0.4) is 0 Å². The molecule has 0 radical (unpaired) electrons. The van der Waals surface area contributed by atoms with Gasteiger partial charge in [-0.05, 0) is 37.2 Å². The van der Waals surface area contributed by atoms with Crippen molar-refractivity contribution in [2.75, 3.05) is 5.32 Å². The zero-order valence-corrected chi connectivity index (χ0v) is 11.0. The van der Waals surface area contributed by atoms with Gasteiger partial charge >= 0.3 is 0 Å². The molecular weight excluding hydrogens is 256 g/mol. The van der Waals surface area contributed by atoms with Crippen LogP contribution in [0, 0.1) is 0 Å². The third-order valence-electron chi connectivity index (χ3n) is 2.81. The summed E-state index contributed by atoms with van der Waals surface area (Å²) in [6.45, 7) is 0. The first-order valence-corrected chi connectivity index (χ1v) is 6.59. The van der Waals surface area contributed by atoms with E-state index in [2.05, 4.69) is 20.8 Å². The van der Waals surface area contributed by atoms with Crippen LogP contribution in [0.5, 0.6) is 0 Å². The average Bonchev–Trinajstić information content (AvgIpc) is 2.33. The molecule has 1 aromatic heterocycles. The number of nitrogens with zero attached hydrogens (tertiary/aromatic N) is 2. The fourth-order valence-corrected chi connectivity index (χ4v) is 2.34. The summed E-state index contributed by atoms with van der Waals surface area (Å²) in [5.74, 6) is 0.614. The molecule has 4 nitrogen and oxygen atoms in total. The van der Waals surface area contributed by atoms with Crippen molar-refractivity contribution in [1.82, 2.24) is 15.5 Å². The Kier molecular flexibility index (Phi) is 4.50. The fourth-order valence-electron chi connectivity index (χ4n) is 1.97. The summed E-state index contributed by atoms with van der Waals surface area (Å²) in [7, 11) is 0. The number of hydrogen-bond acceptors (Lipinski definition) is 3. The number of anilines is 1. The van der Waals surface area contributed by atoms with Crippen LogP contribution in [0.1, 0.15) is 32.1 Å². The number of thiocarbonyl (C=S) groups is 1. The fraction of sp³-hybridized carbons (Fsp3) is 0.545. The molecule has 1 fully saturated rings. The minimum absolute atomic E-state index is 0.377.